The van der Waals surface area contributed by atoms with E-state index in [2.05, 4.69) is 4.99 Å². The van der Waals surface area contributed by atoms with Crippen LogP contribution >= 0.6 is 0 Å². The van der Waals surface area contributed by atoms with Gasteiger partial charge in [0.2, 0.25) is 6.08 Å². The van der Waals surface area contributed by atoms with Gasteiger partial charge < -0.3 is 5.11 Å². The Morgan fingerprint density at radius 2 is 2.23 bits per heavy atom. The summed E-state index contributed by atoms with van der Waals surface area (Å²) >= 11 is 0. The molecule has 0 atom stereocenters. The van der Waals surface area contributed by atoms with Crippen LogP contribution < -0.4 is 0 Å². The van der Waals surface area contributed by atoms with Gasteiger partial charge in [0, 0.05) is 6.07 Å². The fourth-order valence-electron chi connectivity index (χ4n) is 0.769. The summed E-state index contributed by atoms with van der Waals surface area (Å²) in [7, 11) is 0. The molecule has 6 nitrogen and oxygen atoms in total. The van der Waals surface area contributed by atoms with Crippen LogP contribution in [0.4, 0.5) is 11.4 Å². The minimum absolute atomic E-state index is 0.0411. The Bertz CT molecular complexity index is 395. The number of aliphatic imine (C=N–C) groups is 1. The minimum atomic E-state index is -0.659. The van der Waals surface area contributed by atoms with Crippen LogP contribution in [0.15, 0.2) is 23.2 Å². The number of aromatic hydroxyl groups is 1. The number of nitrogens with zero attached hydrogens (tertiary/aromatic N) is 2. The zero-order chi connectivity index (χ0) is 9.84. The fraction of sp³-hybridized carbons (Fsp3) is 0. The number of benzene rings is 1. The van der Waals surface area contributed by atoms with Crippen molar-refractivity contribution in [3.63, 3.8) is 0 Å². The molecule has 0 unspecified atom stereocenters. The molecule has 0 fully saturated rings. The first-order chi connectivity index (χ1) is 6.15. The summed E-state index contributed by atoms with van der Waals surface area (Å²) in [5, 5.41) is 19.3. The second-order valence-corrected chi connectivity index (χ2v) is 2.13. The van der Waals surface area contributed by atoms with E-state index >= 15 is 0 Å². The van der Waals surface area contributed by atoms with Gasteiger partial charge in [-0.3, -0.25) is 10.1 Å². The van der Waals surface area contributed by atoms with Gasteiger partial charge in [-0.25, -0.2) is 4.79 Å². The van der Waals surface area contributed by atoms with Gasteiger partial charge in [-0.15, -0.1) is 0 Å². The molecule has 0 aliphatic carbocycles. The predicted molar refractivity (Wildman–Crippen MR) is 42.5 cm³/mol. The second kappa shape index (κ2) is 3.46. The number of hydrogen-bond acceptors (Lipinski definition) is 5. The van der Waals surface area contributed by atoms with Crippen LogP contribution in [0.3, 0.4) is 0 Å². The van der Waals surface area contributed by atoms with Crippen molar-refractivity contribution in [1.29, 1.82) is 0 Å². The molecule has 0 aliphatic rings. The lowest BCUT2D eigenvalue weighted by molar-refractivity contribution is -0.384. The molecule has 0 amide bonds. The van der Waals surface area contributed by atoms with E-state index in [1.54, 1.807) is 0 Å². The summed E-state index contributed by atoms with van der Waals surface area (Å²) in [5.41, 5.74) is -0.303. The molecule has 66 valence electrons. The van der Waals surface area contributed by atoms with Crippen molar-refractivity contribution < 1.29 is 14.8 Å². The number of phenolic OH excluding ortho intramolecular Hbond substituents is 1. The lowest BCUT2D eigenvalue weighted by Gasteiger charge is -1.95. The van der Waals surface area contributed by atoms with Gasteiger partial charge in [0.05, 0.1) is 11.0 Å². The molecule has 1 N–H and O–H groups in total. The molecule has 1 rings (SSSR count). The summed E-state index contributed by atoms with van der Waals surface area (Å²) < 4.78 is 0. The van der Waals surface area contributed by atoms with Crippen molar-refractivity contribution in [2.45, 2.75) is 0 Å². The molecular formula is C7H4N2O4. The highest BCUT2D eigenvalue weighted by Gasteiger charge is 2.08. The van der Waals surface area contributed by atoms with Gasteiger partial charge >= 0.3 is 0 Å². The first-order valence-electron chi connectivity index (χ1n) is 3.20. The van der Waals surface area contributed by atoms with Crippen LogP contribution in [0.25, 0.3) is 0 Å². The maximum atomic E-state index is 10.2. The highest BCUT2D eigenvalue weighted by Crippen LogP contribution is 2.29. The predicted octanol–water partition coefficient (Wildman–Crippen LogP) is 1.27. The maximum absolute atomic E-state index is 10.2. The molecule has 0 saturated carbocycles. The Morgan fingerprint density at radius 1 is 1.54 bits per heavy atom. The number of non-ortho nitro benzene ring substituents is 1. The van der Waals surface area contributed by atoms with Crippen LogP contribution in [0.5, 0.6) is 5.75 Å². The molecule has 0 spiro atoms. The number of nitro groups is 1. The molecule has 1 aromatic carbocycles. The zero-order valence-electron chi connectivity index (χ0n) is 6.30. The van der Waals surface area contributed by atoms with E-state index in [1.165, 1.54) is 12.1 Å². The highest BCUT2D eigenvalue weighted by atomic mass is 16.6. The van der Waals surface area contributed by atoms with Gasteiger partial charge in [0.15, 0.2) is 0 Å². The number of phenols is 1. The van der Waals surface area contributed by atoms with E-state index in [9.17, 15) is 14.9 Å². The summed E-state index contributed by atoms with van der Waals surface area (Å²) in [6, 6.07) is 3.21. The molecule has 0 aromatic heterocycles. The van der Waals surface area contributed by atoms with Gasteiger partial charge in [-0.2, -0.15) is 4.99 Å². The lowest BCUT2D eigenvalue weighted by atomic mass is 10.2. The summed E-state index contributed by atoms with van der Waals surface area (Å²) in [5.74, 6) is -0.419. The number of hydrogen-bond donors (Lipinski definition) is 1. The van der Waals surface area contributed by atoms with Crippen molar-refractivity contribution in [1.82, 2.24) is 0 Å². The monoisotopic (exact) mass is 180 g/mol. The Morgan fingerprint density at radius 3 is 2.69 bits per heavy atom. The summed E-state index contributed by atoms with van der Waals surface area (Å²) in [6.45, 7) is 0. The third-order valence-electron chi connectivity index (χ3n) is 1.34. The smallest absolute Gasteiger partial charge is 0.273 e. The summed E-state index contributed by atoms with van der Waals surface area (Å²) in [4.78, 5) is 22.5. The quantitative estimate of drug-likeness (QED) is 0.321. The van der Waals surface area contributed by atoms with E-state index in [-0.39, 0.29) is 11.4 Å². The van der Waals surface area contributed by atoms with Crippen LogP contribution in [0.2, 0.25) is 0 Å². The number of isocyanates is 1. The van der Waals surface area contributed by atoms with Crippen molar-refractivity contribution >= 4 is 17.5 Å². The SMILES string of the molecule is O=C=Nc1ccc([N+](=O)[O-])cc1O. The average molecular weight is 180 g/mol. The van der Waals surface area contributed by atoms with Gasteiger partial charge in [0.1, 0.15) is 11.4 Å². The van der Waals surface area contributed by atoms with Gasteiger partial charge in [-0.05, 0) is 6.07 Å². The maximum Gasteiger partial charge on any atom is 0.273 e. The number of rotatable bonds is 2. The van der Waals surface area contributed by atoms with Crippen LogP contribution in [0.1, 0.15) is 0 Å². The lowest BCUT2D eigenvalue weighted by Crippen LogP contribution is -1.86. The van der Waals surface area contributed by atoms with Crippen LogP contribution in [-0.2, 0) is 4.79 Å². The van der Waals surface area contributed by atoms with E-state index < -0.39 is 10.7 Å². The Kier molecular flexibility index (Phi) is 2.37. The van der Waals surface area contributed by atoms with Crippen LogP contribution in [-0.4, -0.2) is 16.1 Å². The Balaban J connectivity index is 3.19. The molecule has 13 heavy (non-hydrogen) atoms. The molecule has 0 aliphatic heterocycles. The molecule has 0 saturated heterocycles. The normalized spacial score (nSPS) is 8.92. The van der Waals surface area contributed by atoms with E-state index in [0.717, 1.165) is 12.1 Å². The molecular weight excluding hydrogens is 176 g/mol. The van der Waals surface area contributed by atoms with E-state index in [4.69, 9.17) is 5.11 Å². The molecule has 1 aromatic rings. The van der Waals surface area contributed by atoms with Gasteiger partial charge in [0.25, 0.3) is 5.69 Å². The highest BCUT2D eigenvalue weighted by molar-refractivity contribution is 5.60. The largest absolute Gasteiger partial charge is 0.505 e. The zero-order valence-corrected chi connectivity index (χ0v) is 6.30. The Labute approximate surface area is 72.3 Å². The van der Waals surface area contributed by atoms with Crippen molar-refractivity contribution in [3.05, 3.63) is 28.3 Å². The third-order valence-corrected chi connectivity index (χ3v) is 1.34. The molecule has 6 heteroatoms. The average Bonchev–Trinajstić information content (AvgIpc) is 2.08. The fourth-order valence-corrected chi connectivity index (χ4v) is 0.769. The van der Waals surface area contributed by atoms with E-state index in [1.807, 2.05) is 0 Å². The minimum Gasteiger partial charge on any atom is -0.505 e. The van der Waals surface area contributed by atoms with Crippen molar-refractivity contribution in [3.8, 4) is 5.75 Å². The molecule has 0 heterocycles. The van der Waals surface area contributed by atoms with Crippen molar-refractivity contribution in [2.75, 3.05) is 0 Å². The van der Waals surface area contributed by atoms with Gasteiger partial charge in [-0.1, -0.05) is 0 Å². The number of nitro benzene ring substituents is 1. The molecule has 0 radical (unpaired) electrons. The first-order valence-corrected chi connectivity index (χ1v) is 3.20. The summed E-state index contributed by atoms with van der Waals surface area (Å²) in [6.07, 6.45) is 1.22. The van der Waals surface area contributed by atoms with E-state index in [0.29, 0.717) is 0 Å². The topological polar surface area (TPSA) is 92.8 Å². The Hall–Kier alpha value is -2.20. The van der Waals surface area contributed by atoms with Crippen molar-refractivity contribution in [2.24, 2.45) is 4.99 Å². The standard InChI is InChI=1S/C7H4N2O4/c10-4-8-6-2-1-5(9(12)13)3-7(6)11/h1-3,11H. The number of carbonyl (C=O) groups excluding carboxylic acids is 1. The molecule has 0 bridgehead atoms. The second-order valence-electron chi connectivity index (χ2n) is 2.13. The third kappa shape index (κ3) is 1.88. The van der Waals surface area contributed by atoms with Crippen LogP contribution in [0, 0.1) is 10.1 Å². The first kappa shape index (κ1) is 8.89.